The summed E-state index contributed by atoms with van der Waals surface area (Å²) in [5.41, 5.74) is 2.13. The van der Waals surface area contributed by atoms with Gasteiger partial charge in [0.1, 0.15) is 4.90 Å². The van der Waals surface area contributed by atoms with E-state index >= 15 is 0 Å². The minimum absolute atomic E-state index is 0.0860. The van der Waals surface area contributed by atoms with E-state index in [0.29, 0.717) is 5.75 Å². The number of nitrogens with one attached hydrogen (secondary N) is 1. The molecule has 178 valence electrons. The van der Waals surface area contributed by atoms with E-state index in [9.17, 15) is 13.2 Å². The Hall–Kier alpha value is -3.07. The van der Waals surface area contributed by atoms with Crippen LogP contribution in [0.15, 0.2) is 76.8 Å². The van der Waals surface area contributed by atoms with Crippen LogP contribution < -0.4 is 14.5 Å². The predicted molar refractivity (Wildman–Crippen MR) is 136 cm³/mol. The molecule has 3 aromatic carbocycles. The van der Waals surface area contributed by atoms with E-state index < -0.39 is 15.9 Å². The van der Waals surface area contributed by atoms with Gasteiger partial charge in [0.2, 0.25) is 0 Å². The Morgan fingerprint density at radius 3 is 2.24 bits per heavy atom. The van der Waals surface area contributed by atoms with Crippen molar-refractivity contribution < 1.29 is 18.0 Å². The Morgan fingerprint density at radius 2 is 1.65 bits per heavy atom. The molecule has 3 aromatic rings. The Morgan fingerprint density at radius 1 is 1.00 bits per heavy atom. The van der Waals surface area contributed by atoms with Crippen LogP contribution in [0.2, 0.25) is 10.0 Å². The van der Waals surface area contributed by atoms with Crippen molar-refractivity contribution in [1.82, 2.24) is 4.72 Å². The molecule has 0 fully saturated rings. The molecule has 3 rings (SSSR count). The summed E-state index contributed by atoms with van der Waals surface area (Å²) in [5.74, 6) is -0.425. The summed E-state index contributed by atoms with van der Waals surface area (Å²) >= 11 is 11.7. The van der Waals surface area contributed by atoms with E-state index in [1.807, 2.05) is 29.0 Å². The highest BCUT2D eigenvalue weighted by atomic mass is 35.5. The molecule has 0 spiro atoms. The number of anilines is 1. The van der Waals surface area contributed by atoms with Gasteiger partial charge in [0.15, 0.2) is 5.75 Å². The van der Waals surface area contributed by atoms with Gasteiger partial charge in [-0.1, -0.05) is 40.5 Å². The van der Waals surface area contributed by atoms with E-state index in [1.54, 1.807) is 6.21 Å². The number of sulfonamides is 1. The summed E-state index contributed by atoms with van der Waals surface area (Å²) < 4.78 is 26.9. The van der Waals surface area contributed by atoms with Crippen molar-refractivity contribution in [2.75, 3.05) is 18.0 Å². The SMILES string of the molecule is CCN(CC)c1ccc(/C=N/Oc2ccc(C(=O)NS(=O)(=O)c3ccc(Cl)cc3Cl)cc2)cc1. The number of nitrogens with zero attached hydrogens (tertiary/aromatic N) is 2. The molecule has 0 saturated heterocycles. The lowest BCUT2D eigenvalue weighted by Crippen LogP contribution is -2.30. The van der Waals surface area contributed by atoms with Crippen LogP contribution in [0.25, 0.3) is 0 Å². The number of oxime groups is 1. The molecule has 1 N–H and O–H groups in total. The highest BCUT2D eigenvalue weighted by Crippen LogP contribution is 2.25. The molecular formula is C24H23Cl2N3O4S. The first-order chi connectivity index (χ1) is 16.2. The fraction of sp³-hybridized carbons (Fsp3) is 0.167. The summed E-state index contributed by atoms with van der Waals surface area (Å²) in [6.07, 6.45) is 1.58. The maximum atomic E-state index is 12.5. The standard InChI is InChI=1S/C24H23Cl2N3O4S/c1-3-29(4-2)20-10-5-17(6-11-20)16-27-33-21-12-7-18(8-13-21)24(30)28-34(31,32)23-14-9-19(25)15-22(23)26/h5-16H,3-4H2,1-2H3,(H,28,30)/b27-16+. The minimum atomic E-state index is -4.17. The summed E-state index contributed by atoms with van der Waals surface area (Å²) in [6.45, 7) is 6.08. The lowest BCUT2D eigenvalue weighted by atomic mass is 10.2. The summed E-state index contributed by atoms with van der Waals surface area (Å²) in [7, 11) is -4.17. The van der Waals surface area contributed by atoms with Crippen LogP contribution in [0.5, 0.6) is 5.75 Å². The van der Waals surface area contributed by atoms with E-state index in [2.05, 4.69) is 23.9 Å². The van der Waals surface area contributed by atoms with Gasteiger partial charge in [-0.25, -0.2) is 13.1 Å². The third-order valence-corrected chi connectivity index (χ3v) is 6.96. The van der Waals surface area contributed by atoms with Crippen molar-refractivity contribution in [3.8, 4) is 5.75 Å². The molecule has 7 nitrogen and oxygen atoms in total. The first-order valence-electron chi connectivity index (χ1n) is 10.4. The number of halogens is 2. The van der Waals surface area contributed by atoms with Crippen LogP contribution in [0.4, 0.5) is 5.69 Å². The van der Waals surface area contributed by atoms with Crippen molar-refractivity contribution in [1.29, 1.82) is 0 Å². The maximum Gasteiger partial charge on any atom is 0.265 e. The first kappa shape index (κ1) is 25.6. The maximum absolute atomic E-state index is 12.5. The number of hydrogen-bond donors (Lipinski definition) is 1. The van der Waals surface area contributed by atoms with Gasteiger partial charge >= 0.3 is 0 Å². The van der Waals surface area contributed by atoms with Crippen molar-refractivity contribution >= 4 is 51.0 Å². The normalized spacial score (nSPS) is 11.4. The van der Waals surface area contributed by atoms with Crippen LogP contribution in [-0.4, -0.2) is 33.6 Å². The van der Waals surface area contributed by atoms with Gasteiger partial charge in [0.05, 0.1) is 11.2 Å². The average Bonchev–Trinajstić information content (AvgIpc) is 2.80. The van der Waals surface area contributed by atoms with Gasteiger partial charge in [-0.15, -0.1) is 0 Å². The van der Waals surface area contributed by atoms with Crippen LogP contribution in [0, 0.1) is 0 Å². The number of hydrogen-bond acceptors (Lipinski definition) is 6. The fourth-order valence-electron chi connectivity index (χ4n) is 3.10. The minimum Gasteiger partial charge on any atom is -0.372 e. The Kier molecular flexibility index (Phi) is 8.55. The van der Waals surface area contributed by atoms with Gasteiger partial charge in [-0.2, -0.15) is 0 Å². The molecule has 0 aliphatic heterocycles. The van der Waals surface area contributed by atoms with Crippen LogP contribution >= 0.6 is 23.2 Å². The Balaban J connectivity index is 1.60. The number of benzene rings is 3. The molecule has 0 aliphatic rings. The second kappa shape index (κ2) is 11.4. The lowest BCUT2D eigenvalue weighted by Gasteiger charge is -2.20. The zero-order valence-electron chi connectivity index (χ0n) is 18.5. The van der Waals surface area contributed by atoms with Gasteiger partial charge in [0, 0.05) is 29.4 Å². The largest absolute Gasteiger partial charge is 0.372 e. The Bertz CT molecular complexity index is 1270. The molecule has 0 unspecified atom stereocenters. The number of rotatable bonds is 9. The highest BCUT2D eigenvalue weighted by molar-refractivity contribution is 7.90. The topological polar surface area (TPSA) is 88.1 Å². The number of amides is 1. The molecule has 0 atom stereocenters. The van der Waals surface area contributed by atoms with Gasteiger partial charge in [0.25, 0.3) is 15.9 Å². The van der Waals surface area contributed by atoms with Crippen molar-refractivity contribution in [3.63, 3.8) is 0 Å². The summed E-state index contributed by atoms with van der Waals surface area (Å²) in [6, 6.07) is 17.7. The Labute approximate surface area is 209 Å². The van der Waals surface area contributed by atoms with E-state index in [4.69, 9.17) is 28.0 Å². The fourth-order valence-corrected chi connectivity index (χ4v) is 4.85. The van der Waals surface area contributed by atoms with Crippen LogP contribution in [0.1, 0.15) is 29.8 Å². The monoisotopic (exact) mass is 519 g/mol. The second-order valence-electron chi connectivity index (χ2n) is 7.12. The molecule has 0 bridgehead atoms. The molecule has 0 saturated carbocycles. The molecule has 34 heavy (non-hydrogen) atoms. The van der Waals surface area contributed by atoms with Crippen molar-refractivity contribution in [3.05, 3.63) is 87.9 Å². The predicted octanol–water partition coefficient (Wildman–Crippen LogP) is 5.37. The van der Waals surface area contributed by atoms with E-state index in [-0.39, 0.29) is 20.5 Å². The second-order valence-corrected chi connectivity index (χ2v) is 9.62. The smallest absolute Gasteiger partial charge is 0.265 e. The quantitative estimate of drug-likeness (QED) is 0.303. The highest BCUT2D eigenvalue weighted by Gasteiger charge is 2.21. The van der Waals surface area contributed by atoms with Crippen molar-refractivity contribution in [2.24, 2.45) is 5.16 Å². The lowest BCUT2D eigenvalue weighted by molar-refractivity contribution is 0.0981. The third-order valence-electron chi connectivity index (χ3n) is 4.91. The van der Waals surface area contributed by atoms with Crippen LogP contribution in [0.3, 0.4) is 0 Å². The summed E-state index contributed by atoms with van der Waals surface area (Å²) in [5, 5.41) is 4.15. The first-order valence-corrected chi connectivity index (χ1v) is 12.6. The van der Waals surface area contributed by atoms with Crippen molar-refractivity contribution in [2.45, 2.75) is 18.7 Å². The molecule has 0 heterocycles. The molecule has 0 aliphatic carbocycles. The summed E-state index contributed by atoms with van der Waals surface area (Å²) in [4.78, 5) is 19.7. The van der Waals surface area contributed by atoms with Gasteiger partial charge in [-0.05, 0) is 74.0 Å². The van der Waals surface area contributed by atoms with E-state index in [0.717, 1.165) is 24.3 Å². The zero-order valence-corrected chi connectivity index (χ0v) is 20.9. The zero-order chi connectivity index (χ0) is 24.7. The number of carbonyl (C=O) groups is 1. The van der Waals surface area contributed by atoms with E-state index in [1.165, 1.54) is 42.5 Å². The molecule has 0 radical (unpaired) electrons. The average molecular weight is 520 g/mol. The molecule has 0 aromatic heterocycles. The number of carbonyl (C=O) groups excluding carboxylic acids is 1. The molecule has 1 amide bonds. The van der Waals surface area contributed by atoms with Gasteiger partial charge < -0.3 is 9.74 Å². The third kappa shape index (κ3) is 6.50. The van der Waals surface area contributed by atoms with Gasteiger partial charge in [-0.3, -0.25) is 4.79 Å². The van der Waals surface area contributed by atoms with Crippen LogP contribution in [-0.2, 0) is 10.0 Å². The molecular weight excluding hydrogens is 497 g/mol. The molecule has 10 heteroatoms.